The van der Waals surface area contributed by atoms with Crippen LogP contribution in [-0.4, -0.2) is 40.4 Å². The van der Waals surface area contributed by atoms with E-state index < -0.39 is 6.17 Å². The first-order chi connectivity index (χ1) is 13.7. The third-order valence-corrected chi connectivity index (χ3v) is 5.32. The van der Waals surface area contributed by atoms with Gasteiger partial charge in [0.2, 0.25) is 0 Å². The van der Waals surface area contributed by atoms with Gasteiger partial charge in [-0.1, -0.05) is 18.2 Å². The van der Waals surface area contributed by atoms with Crippen molar-refractivity contribution in [2.75, 3.05) is 18.5 Å². The van der Waals surface area contributed by atoms with Gasteiger partial charge in [-0.2, -0.15) is 0 Å². The van der Waals surface area contributed by atoms with Crippen molar-refractivity contribution >= 4 is 16.9 Å². The van der Waals surface area contributed by atoms with Crippen LogP contribution in [0.1, 0.15) is 43.0 Å². The summed E-state index contributed by atoms with van der Waals surface area (Å²) in [6.07, 6.45) is 2.64. The smallest absolute Gasteiger partial charge is 0.143 e. The minimum Gasteiger partial charge on any atom is -0.490 e. The molecule has 3 atom stereocenters. The maximum absolute atomic E-state index is 13.4. The summed E-state index contributed by atoms with van der Waals surface area (Å²) in [5.74, 6) is 2.16. The fourth-order valence-corrected chi connectivity index (χ4v) is 3.75. The highest BCUT2D eigenvalue weighted by molar-refractivity contribution is 5.88. The minimum absolute atomic E-state index is 0.0313. The molecule has 3 aromatic rings. The highest BCUT2D eigenvalue weighted by Crippen LogP contribution is 2.42. The SMILES string of the molecule is CC(F)CO[C@H]1COc2ccccc2[C@@H]1Nc1ncnc2[nH]c(C3CC3)cc12. The van der Waals surface area contributed by atoms with Crippen LogP contribution in [0.15, 0.2) is 36.7 Å². The fraction of sp³-hybridized carbons (Fsp3) is 0.429. The summed E-state index contributed by atoms with van der Waals surface area (Å²) in [6, 6.07) is 9.80. The van der Waals surface area contributed by atoms with Gasteiger partial charge in [-0.25, -0.2) is 14.4 Å². The van der Waals surface area contributed by atoms with Gasteiger partial charge in [-0.3, -0.25) is 0 Å². The average molecular weight is 382 g/mol. The predicted octanol–water partition coefficient (Wildman–Crippen LogP) is 4.12. The summed E-state index contributed by atoms with van der Waals surface area (Å²) in [4.78, 5) is 12.3. The summed E-state index contributed by atoms with van der Waals surface area (Å²) in [7, 11) is 0. The van der Waals surface area contributed by atoms with Crippen molar-refractivity contribution in [2.24, 2.45) is 0 Å². The molecule has 1 unspecified atom stereocenters. The van der Waals surface area contributed by atoms with Gasteiger partial charge in [0.05, 0.1) is 18.0 Å². The summed E-state index contributed by atoms with van der Waals surface area (Å²) < 4.78 is 25.1. The largest absolute Gasteiger partial charge is 0.490 e. The van der Waals surface area contributed by atoms with Crippen LogP contribution in [0.3, 0.4) is 0 Å². The molecule has 7 heteroatoms. The monoisotopic (exact) mass is 382 g/mol. The van der Waals surface area contributed by atoms with Crippen LogP contribution >= 0.6 is 0 Å². The number of nitrogens with zero attached hydrogens (tertiary/aromatic N) is 2. The fourth-order valence-electron chi connectivity index (χ4n) is 3.75. The summed E-state index contributed by atoms with van der Waals surface area (Å²) in [5, 5.41) is 4.49. The topological polar surface area (TPSA) is 72.1 Å². The number of aromatic nitrogens is 3. The molecule has 0 amide bonds. The molecule has 1 saturated carbocycles. The summed E-state index contributed by atoms with van der Waals surface area (Å²) in [5.41, 5.74) is 3.02. The molecule has 2 N–H and O–H groups in total. The van der Waals surface area contributed by atoms with Crippen LogP contribution < -0.4 is 10.1 Å². The molecule has 0 radical (unpaired) electrons. The lowest BCUT2D eigenvalue weighted by Gasteiger charge is -2.34. The van der Waals surface area contributed by atoms with Crippen molar-refractivity contribution in [3.8, 4) is 5.75 Å². The zero-order chi connectivity index (χ0) is 19.1. The number of ether oxygens (including phenoxy) is 2. The van der Waals surface area contributed by atoms with E-state index in [1.165, 1.54) is 25.5 Å². The third kappa shape index (κ3) is 3.30. The number of rotatable bonds is 6. The molecule has 1 aliphatic heterocycles. The van der Waals surface area contributed by atoms with E-state index in [2.05, 4.69) is 26.3 Å². The van der Waals surface area contributed by atoms with E-state index in [-0.39, 0.29) is 18.8 Å². The molecule has 6 nitrogen and oxygen atoms in total. The molecule has 2 aromatic heterocycles. The number of H-pyrrole nitrogens is 1. The number of para-hydroxylation sites is 1. The third-order valence-electron chi connectivity index (χ3n) is 5.32. The van der Waals surface area contributed by atoms with Gasteiger partial charge in [-0.05, 0) is 37.8 Å². The van der Waals surface area contributed by atoms with E-state index in [0.29, 0.717) is 12.5 Å². The number of fused-ring (bicyclic) bond motifs is 2. The lowest BCUT2D eigenvalue weighted by Crippen LogP contribution is -2.38. The van der Waals surface area contributed by atoms with Gasteiger partial charge in [0.15, 0.2) is 0 Å². The molecule has 0 spiro atoms. The Morgan fingerprint density at radius 1 is 1.32 bits per heavy atom. The Morgan fingerprint density at radius 3 is 3.00 bits per heavy atom. The molecule has 1 aromatic carbocycles. The van der Waals surface area contributed by atoms with Gasteiger partial charge in [0.25, 0.3) is 0 Å². The van der Waals surface area contributed by atoms with Crippen molar-refractivity contribution in [3.05, 3.63) is 47.9 Å². The van der Waals surface area contributed by atoms with Crippen LogP contribution in [0, 0.1) is 0 Å². The first-order valence-corrected chi connectivity index (χ1v) is 9.76. The number of benzene rings is 1. The number of nitrogens with one attached hydrogen (secondary N) is 2. The number of anilines is 1. The first-order valence-electron chi connectivity index (χ1n) is 9.76. The second-order valence-corrected chi connectivity index (χ2v) is 7.61. The average Bonchev–Trinajstić information content (AvgIpc) is 3.46. The predicted molar refractivity (Wildman–Crippen MR) is 104 cm³/mol. The highest BCUT2D eigenvalue weighted by atomic mass is 19.1. The lowest BCUT2D eigenvalue weighted by molar-refractivity contribution is -0.0214. The van der Waals surface area contributed by atoms with Gasteiger partial charge in [0.1, 0.15) is 42.4 Å². The molecule has 146 valence electrons. The Labute approximate surface area is 162 Å². The zero-order valence-corrected chi connectivity index (χ0v) is 15.7. The van der Waals surface area contributed by atoms with E-state index >= 15 is 0 Å². The molecule has 0 saturated heterocycles. The van der Waals surface area contributed by atoms with E-state index in [0.717, 1.165) is 28.2 Å². The van der Waals surface area contributed by atoms with E-state index in [1.54, 1.807) is 6.33 Å². The standard InChI is InChI=1S/C21H23FN4O2/c1-12(22)9-27-18-10-28-17-5-3-2-4-14(17)19(18)26-21-15-8-16(13-6-7-13)25-20(15)23-11-24-21/h2-5,8,11-13,18-19H,6-7,9-10H2,1H3,(H2,23,24,25,26)/t12?,18-,19-/m0/s1. The lowest BCUT2D eigenvalue weighted by atomic mass is 9.98. The van der Waals surface area contributed by atoms with Crippen LogP contribution in [-0.2, 0) is 4.74 Å². The molecule has 28 heavy (non-hydrogen) atoms. The molecule has 2 aliphatic rings. The van der Waals surface area contributed by atoms with Crippen LogP contribution in [0.4, 0.5) is 10.2 Å². The van der Waals surface area contributed by atoms with Gasteiger partial charge in [-0.15, -0.1) is 0 Å². The van der Waals surface area contributed by atoms with Crippen molar-refractivity contribution in [2.45, 2.75) is 44.0 Å². The van der Waals surface area contributed by atoms with Crippen LogP contribution in [0.2, 0.25) is 0 Å². The molecule has 3 heterocycles. The second kappa shape index (κ2) is 7.05. The quantitative estimate of drug-likeness (QED) is 0.671. The Kier molecular flexibility index (Phi) is 4.39. The Morgan fingerprint density at radius 2 is 2.18 bits per heavy atom. The number of alkyl halides is 1. The van der Waals surface area contributed by atoms with Crippen molar-refractivity contribution < 1.29 is 13.9 Å². The second-order valence-electron chi connectivity index (χ2n) is 7.61. The van der Waals surface area contributed by atoms with E-state index in [9.17, 15) is 4.39 Å². The highest BCUT2D eigenvalue weighted by Gasteiger charge is 2.33. The summed E-state index contributed by atoms with van der Waals surface area (Å²) >= 11 is 0. The van der Waals surface area contributed by atoms with E-state index in [1.807, 2.05) is 24.3 Å². The van der Waals surface area contributed by atoms with Crippen molar-refractivity contribution in [3.63, 3.8) is 0 Å². The molecule has 1 aliphatic carbocycles. The number of aromatic amines is 1. The number of hydrogen-bond donors (Lipinski definition) is 2. The minimum atomic E-state index is -1.03. The first kappa shape index (κ1) is 17.4. The van der Waals surface area contributed by atoms with Gasteiger partial charge < -0.3 is 19.8 Å². The van der Waals surface area contributed by atoms with Gasteiger partial charge >= 0.3 is 0 Å². The van der Waals surface area contributed by atoms with Crippen molar-refractivity contribution in [1.82, 2.24) is 15.0 Å². The zero-order valence-electron chi connectivity index (χ0n) is 15.7. The number of halogens is 1. The maximum Gasteiger partial charge on any atom is 0.143 e. The molecule has 5 rings (SSSR count). The van der Waals surface area contributed by atoms with Crippen LogP contribution in [0.25, 0.3) is 11.0 Å². The Hall–Kier alpha value is -2.67. The van der Waals surface area contributed by atoms with Crippen molar-refractivity contribution in [1.29, 1.82) is 0 Å². The number of hydrogen-bond acceptors (Lipinski definition) is 5. The molecular weight excluding hydrogens is 359 g/mol. The Bertz CT molecular complexity index is 985. The van der Waals surface area contributed by atoms with Gasteiger partial charge in [0, 0.05) is 11.3 Å². The van der Waals surface area contributed by atoms with Crippen LogP contribution in [0.5, 0.6) is 5.75 Å². The summed E-state index contributed by atoms with van der Waals surface area (Å²) in [6.45, 7) is 1.88. The Balaban J connectivity index is 1.49. The normalized spacial score (nSPS) is 22.5. The maximum atomic E-state index is 13.4. The molecular formula is C21H23FN4O2. The molecule has 0 bridgehead atoms. The van der Waals surface area contributed by atoms with E-state index in [4.69, 9.17) is 9.47 Å². The molecule has 1 fully saturated rings.